The van der Waals surface area contributed by atoms with Gasteiger partial charge >= 0.3 is 0 Å². The van der Waals surface area contributed by atoms with Crippen molar-refractivity contribution in [2.45, 2.75) is 32.2 Å². The first kappa shape index (κ1) is 15.4. The predicted molar refractivity (Wildman–Crippen MR) is 80.9 cm³/mol. The molecule has 0 saturated carbocycles. The molecule has 0 aliphatic carbocycles. The van der Waals surface area contributed by atoms with Gasteiger partial charge in [0.2, 0.25) is 5.91 Å². The quantitative estimate of drug-likeness (QED) is 0.834. The fourth-order valence-corrected chi connectivity index (χ4v) is 2.63. The molecule has 110 valence electrons. The summed E-state index contributed by atoms with van der Waals surface area (Å²) in [6, 6.07) is 5.07. The number of carbonyl (C=O) groups is 1. The lowest BCUT2D eigenvalue weighted by Crippen LogP contribution is -2.37. The minimum Gasteiger partial charge on any atom is -0.343 e. The lowest BCUT2D eigenvalue weighted by atomic mass is 10.1. The zero-order valence-corrected chi connectivity index (χ0v) is 13.1. The van der Waals surface area contributed by atoms with Gasteiger partial charge in [-0.1, -0.05) is 6.07 Å². The Morgan fingerprint density at radius 2 is 2.05 bits per heavy atom. The van der Waals surface area contributed by atoms with Crippen molar-refractivity contribution in [2.24, 2.45) is 0 Å². The first-order chi connectivity index (χ1) is 9.66. The van der Waals surface area contributed by atoms with Crippen LogP contribution in [-0.4, -0.2) is 30.4 Å². The normalized spacial score (nSPS) is 15.4. The van der Waals surface area contributed by atoms with E-state index < -0.39 is 0 Å². The van der Waals surface area contributed by atoms with E-state index in [-0.39, 0.29) is 11.7 Å². The van der Waals surface area contributed by atoms with Gasteiger partial charge < -0.3 is 10.2 Å². The Morgan fingerprint density at radius 1 is 1.30 bits per heavy atom. The summed E-state index contributed by atoms with van der Waals surface area (Å²) in [7, 11) is 0. The van der Waals surface area contributed by atoms with Gasteiger partial charge in [-0.15, -0.1) is 0 Å². The van der Waals surface area contributed by atoms with E-state index in [4.69, 9.17) is 0 Å². The Balaban J connectivity index is 1.68. The van der Waals surface area contributed by atoms with Crippen molar-refractivity contribution in [3.05, 3.63) is 34.1 Å². The molecule has 1 N–H and O–H groups in total. The smallest absolute Gasteiger partial charge is 0.223 e. The van der Waals surface area contributed by atoms with Crippen molar-refractivity contribution in [3.8, 4) is 0 Å². The summed E-state index contributed by atoms with van der Waals surface area (Å²) in [5, 5.41) is 3.19. The lowest BCUT2D eigenvalue weighted by molar-refractivity contribution is -0.131. The molecule has 0 atom stereocenters. The predicted octanol–water partition coefficient (Wildman–Crippen LogP) is 3.08. The molecule has 1 aliphatic rings. The number of rotatable bonds is 5. The summed E-state index contributed by atoms with van der Waals surface area (Å²) >= 11 is 3.13. The molecule has 1 saturated heterocycles. The third-order valence-electron chi connectivity index (χ3n) is 3.54. The van der Waals surface area contributed by atoms with Crippen LogP contribution in [0, 0.1) is 5.82 Å². The highest BCUT2D eigenvalue weighted by Crippen LogP contribution is 2.16. The number of carbonyl (C=O) groups excluding carboxylic acids is 1. The topological polar surface area (TPSA) is 32.3 Å². The number of benzene rings is 1. The zero-order valence-electron chi connectivity index (χ0n) is 11.5. The Bertz CT molecular complexity index is 461. The third kappa shape index (κ3) is 4.56. The summed E-state index contributed by atoms with van der Waals surface area (Å²) < 4.78 is 13.8. The molecule has 1 aromatic carbocycles. The Kier molecular flexibility index (Phi) is 5.98. The average Bonchev–Trinajstić information content (AvgIpc) is 2.48. The van der Waals surface area contributed by atoms with Crippen LogP contribution in [0.4, 0.5) is 4.39 Å². The van der Waals surface area contributed by atoms with E-state index >= 15 is 0 Å². The molecule has 1 aromatic rings. The molecule has 5 heteroatoms. The molecule has 0 unspecified atom stereocenters. The van der Waals surface area contributed by atoms with Crippen molar-refractivity contribution >= 4 is 21.8 Å². The Labute approximate surface area is 127 Å². The fourth-order valence-electron chi connectivity index (χ4n) is 2.38. The van der Waals surface area contributed by atoms with Gasteiger partial charge in [-0.25, -0.2) is 4.39 Å². The van der Waals surface area contributed by atoms with Crippen LogP contribution in [0.15, 0.2) is 22.7 Å². The second-order valence-electron chi connectivity index (χ2n) is 5.12. The maximum absolute atomic E-state index is 13.3. The average molecular weight is 343 g/mol. The van der Waals surface area contributed by atoms with Crippen LogP contribution >= 0.6 is 15.9 Å². The summed E-state index contributed by atoms with van der Waals surface area (Å²) in [5.41, 5.74) is 0.885. The largest absolute Gasteiger partial charge is 0.343 e. The number of nitrogens with one attached hydrogen (secondary N) is 1. The maximum Gasteiger partial charge on any atom is 0.223 e. The minimum absolute atomic E-state index is 0.221. The van der Waals surface area contributed by atoms with E-state index in [1.165, 1.54) is 12.5 Å². The molecule has 1 fully saturated rings. The summed E-state index contributed by atoms with van der Waals surface area (Å²) in [4.78, 5) is 13.9. The zero-order chi connectivity index (χ0) is 14.4. The van der Waals surface area contributed by atoms with E-state index in [2.05, 4.69) is 21.2 Å². The molecule has 0 radical (unpaired) electrons. The maximum atomic E-state index is 13.3. The molecule has 1 aliphatic heterocycles. The number of likely N-dealkylation sites (tertiary alicyclic amines) is 1. The van der Waals surface area contributed by atoms with Crippen LogP contribution in [0.1, 0.15) is 31.2 Å². The van der Waals surface area contributed by atoms with Gasteiger partial charge in [0.25, 0.3) is 0 Å². The summed E-state index contributed by atoms with van der Waals surface area (Å²) in [6.45, 7) is 3.01. The monoisotopic (exact) mass is 342 g/mol. The van der Waals surface area contributed by atoms with Gasteiger partial charge in [-0.05, 0) is 52.9 Å². The van der Waals surface area contributed by atoms with E-state index in [0.29, 0.717) is 24.0 Å². The number of piperidine rings is 1. The van der Waals surface area contributed by atoms with Crippen LogP contribution in [-0.2, 0) is 11.3 Å². The first-order valence-electron chi connectivity index (χ1n) is 7.09. The van der Waals surface area contributed by atoms with E-state index in [1.807, 2.05) is 11.0 Å². The summed E-state index contributed by atoms with van der Waals surface area (Å²) in [5.74, 6) is -0.0344. The summed E-state index contributed by atoms with van der Waals surface area (Å²) in [6.07, 6.45) is 3.99. The first-order valence-corrected chi connectivity index (χ1v) is 7.88. The highest BCUT2D eigenvalue weighted by molar-refractivity contribution is 9.10. The van der Waals surface area contributed by atoms with Crippen LogP contribution < -0.4 is 5.32 Å². The van der Waals surface area contributed by atoms with E-state index in [9.17, 15) is 9.18 Å². The SMILES string of the molecule is O=C(CCNCc1ccc(Br)c(F)c1)N1CCCCC1. The van der Waals surface area contributed by atoms with Gasteiger partial charge in [0.1, 0.15) is 5.82 Å². The molecule has 3 nitrogen and oxygen atoms in total. The molecule has 0 aromatic heterocycles. The van der Waals surface area contributed by atoms with Crippen molar-refractivity contribution in [1.29, 1.82) is 0 Å². The molecule has 0 bridgehead atoms. The third-order valence-corrected chi connectivity index (χ3v) is 4.18. The molecule has 1 heterocycles. The van der Waals surface area contributed by atoms with Crippen LogP contribution in [0.2, 0.25) is 0 Å². The highest BCUT2D eigenvalue weighted by Gasteiger charge is 2.15. The Morgan fingerprint density at radius 3 is 2.75 bits per heavy atom. The van der Waals surface area contributed by atoms with Crippen molar-refractivity contribution < 1.29 is 9.18 Å². The van der Waals surface area contributed by atoms with Crippen LogP contribution in [0.5, 0.6) is 0 Å². The van der Waals surface area contributed by atoms with Crippen molar-refractivity contribution in [2.75, 3.05) is 19.6 Å². The van der Waals surface area contributed by atoms with Gasteiger partial charge in [0, 0.05) is 32.6 Å². The molecule has 2 rings (SSSR count). The van der Waals surface area contributed by atoms with Crippen molar-refractivity contribution in [1.82, 2.24) is 10.2 Å². The van der Waals surface area contributed by atoms with Gasteiger partial charge in [-0.3, -0.25) is 4.79 Å². The second kappa shape index (κ2) is 7.74. The highest BCUT2D eigenvalue weighted by atomic mass is 79.9. The fraction of sp³-hybridized carbons (Fsp3) is 0.533. The van der Waals surface area contributed by atoms with Gasteiger partial charge in [0.05, 0.1) is 4.47 Å². The van der Waals surface area contributed by atoms with E-state index in [1.54, 1.807) is 6.07 Å². The Hall–Kier alpha value is -0.940. The molecule has 20 heavy (non-hydrogen) atoms. The van der Waals surface area contributed by atoms with E-state index in [0.717, 1.165) is 31.5 Å². The van der Waals surface area contributed by atoms with Gasteiger partial charge in [0.15, 0.2) is 0 Å². The number of halogens is 2. The molecular formula is C15H20BrFN2O. The van der Waals surface area contributed by atoms with Crippen LogP contribution in [0.3, 0.4) is 0 Å². The van der Waals surface area contributed by atoms with Crippen LogP contribution in [0.25, 0.3) is 0 Å². The number of amides is 1. The molecule has 0 spiro atoms. The second-order valence-corrected chi connectivity index (χ2v) is 5.97. The van der Waals surface area contributed by atoms with Crippen molar-refractivity contribution in [3.63, 3.8) is 0 Å². The molecule has 1 amide bonds. The number of nitrogens with zero attached hydrogens (tertiary/aromatic N) is 1. The standard InChI is InChI=1S/C15H20BrFN2O/c16-13-5-4-12(10-14(13)17)11-18-7-6-15(20)19-8-2-1-3-9-19/h4-5,10,18H,1-3,6-9,11H2. The minimum atomic E-state index is -0.256. The lowest BCUT2D eigenvalue weighted by Gasteiger charge is -2.26. The molecular weight excluding hydrogens is 323 g/mol. The number of hydrogen-bond donors (Lipinski definition) is 1. The number of hydrogen-bond acceptors (Lipinski definition) is 2. The van der Waals surface area contributed by atoms with Gasteiger partial charge in [-0.2, -0.15) is 0 Å².